The van der Waals surface area contributed by atoms with Crippen LogP contribution >= 0.6 is 12.4 Å². The van der Waals surface area contributed by atoms with Crippen molar-refractivity contribution in [3.63, 3.8) is 0 Å². The van der Waals surface area contributed by atoms with E-state index in [-0.39, 0.29) is 12.4 Å². The second-order valence-corrected chi connectivity index (χ2v) is 4.21. The molecule has 0 bridgehead atoms. The van der Waals surface area contributed by atoms with Crippen LogP contribution in [-0.2, 0) is 0 Å². The summed E-state index contributed by atoms with van der Waals surface area (Å²) in [4.78, 5) is 2.59. The quantitative estimate of drug-likeness (QED) is 0.670. The molecule has 0 amide bonds. The average Bonchev–Trinajstić information content (AvgIpc) is 2.32. The van der Waals surface area contributed by atoms with Crippen molar-refractivity contribution in [2.24, 2.45) is 11.7 Å². The van der Waals surface area contributed by atoms with Gasteiger partial charge in [-0.1, -0.05) is 0 Å². The monoisotopic (exact) mass is 205 g/mol. The minimum absolute atomic E-state index is 0. The van der Waals surface area contributed by atoms with Crippen LogP contribution in [0.25, 0.3) is 0 Å². The zero-order valence-corrected chi connectivity index (χ0v) is 9.02. The number of nitrogens with zero attached hydrogens (tertiary/aromatic N) is 1. The maximum Gasteiger partial charge on any atom is 0.0345 e. The summed E-state index contributed by atoms with van der Waals surface area (Å²) in [5.74, 6) is 0.741. The lowest BCUT2D eigenvalue weighted by Gasteiger charge is -2.35. The van der Waals surface area contributed by atoms with Gasteiger partial charge in [0.2, 0.25) is 0 Å². The topological polar surface area (TPSA) is 41.3 Å². The van der Waals surface area contributed by atoms with E-state index in [1.54, 1.807) is 0 Å². The zero-order valence-electron chi connectivity index (χ0n) is 8.20. The van der Waals surface area contributed by atoms with E-state index in [0.29, 0.717) is 6.04 Å². The molecular formula is C9H20ClN3. The molecule has 0 spiro atoms. The van der Waals surface area contributed by atoms with Crippen LogP contribution in [-0.4, -0.2) is 43.2 Å². The zero-order chi connectivity index (χ0) is 8.55. The molecular weight excluding hydrogens is 186 g/mol. The molecule has 2 saturated heterocycles. The molecule has 3 nitrogen and oxygen atoms in total. The van der Waals surface area contributed by atoms with Gasteiger partial charge in [-0.3, -0.25) is 4.90 Å². The van der Waals surface area contributed by atoms with Gasteiger partial charge in [-0.2, -0.15) is 0 Å². The second kappa shape index (κ2) is 4.60. The maximum atomic E-state index is 5.88. The second-order valence-electron chi connectivity index (χ2n) is 4.21. The number of rotatable bonds is 2. The van der Waals surface area contributed by atoms with Gasteiger partial charge in [0.15, 0.2) is 0 Å². The Morgan fingerprint density at radius 2 is 2.15 bits per heavy atom. The van der Waals surface area contributed by atoms with Gasteiger partial charge in [0, 0.05) is 31.7 Å². The Morgan fingerprint density at radius 1 is 1.46 bits per heavy atom. The third-order valence-electron chi connectivity index (χ3n) is 3.28. The van der Waals surface area contributed by atoms with Crippen molar-refractivity contribution >= 4 is 12.4 Å². The van der Waals surface area contributed by atoms with Crippen molar-refractivity contribution in [3.05, 3.63) is 0 Å². The molecule has 2 atom stereocenters. The molecule has 2 aliphatic heterocycles. The van der Waals surface area contributed by atoms with Crippen LogP contribution in [0, 0.1) is 5.92 Å². The Labute approximate surface area is 86.4 Å². The van der Waals surface area contributed by atoms with Crippen molar-refractivity contribution in [1.82, 2.24) is 10.2 Å². The van der Waals surface area contributed by atoms with E-state index < -0.39 is 0 Å². The summed E-state index contributed by atoms with van der Waals surface area (Å²) in [5.41, 5.74) is 5.88. The number of hydrogen-bond donors (Lipinski definition) is 2. The maximum absolute atomic E-state index is 5.88. The van der Waals surface area contributed by atoms with Gasteiger partial charge in [-0.25, -0.2) is 0 Å². The van der Waals surface area contributed by atoms with E-state index in [2.05, 4.69) is 17.1 Å². The molecule has 2 fully saturated rings. The first-order valence-electron chi connectivity index (χ1n) is 4.97. The summed E-state index contributed by atoms with van der Waals surface area (Å²) in [6.45, 7) is 6.99. The van der Waals surface area contributed by atoms with Crippen LogP contribution < -0.4 is 11.1 Å². The Kier molecular flexibility index (Phi) is 3.98. The smallest absolute Gasteiger partial charge is 0.0345 e. The third-order valence-corrected chi connectivity index (χ3v) is 3.28. The van der Waals surface area contributed by atoms with E-state index in [9.17, 15) is 0 Å². The van der Waals surface area contributed by atoms with Crippen LogP contribution in [0.1, 0.15) is 13.3 Å². The molecule has 3 N–H and O–H groups in total. The first kappa shape index (κ1) is 11.2. The lowest BCUT2D eigenvalue weighted by atomic mass is 10.0. The molecule has 78 valence electrons. The van der Waals surface area contributed by atoms with Crippen LogP contribution in [0.5, 0.6) is 0 Å². The van der Waals surface area contributed by atoms with Gasteiger partial charge in [0.1, 0.15) is 0 Å². The molecule has 0 aromatic carbocycles. The molecule has 13 heavy (non-hydrogen) atoms. The highest BCUT2D eigenvalue weighted by atomic mass is 35.5. The summed E-state index contributed by atoms with van der Waals surface area (Å²) >= 11 is 0. The first-order valence-corrected chi connectivity index (χ1v) is 4.97. The largest absolute Gasteiger partial charge is 0.328 e. The highest BCUT2D eigenvalue weighted by Gasteiger charge is 2.32. The van der Waals surface area contributed by atoms with Crippen LogP contribution in [0.2, 0.25) is 0 Å². The predicted octanol–water partition coefficient (Wildman–Crippen LogP) is 0.0491. The van der Waals surface area contributed by atoms with Crippen LogP contribution in [0.4, 0.5) is 0 Å². The van der Waals surface area contributed by atoms with Crippen LogP contribution in [0.15, 0.2) is 0 Å². The van der Waals surface area contributed by atoms with Crippen molar-refractivity contribution in [2.75, 3.05) is 26.2 Å². The van der Waals surface area contributed by atoms with E-state index in [1.807, 2.05) is 0 Å². The molecule has 4 heteroatoms. The summed E-state index contributed by atoms with van der Waals surface area (Å²) in [7, 11) is 0. The fourth-order valence-electron chi connectivity index (χ4n) is 2.11. The van der Waals surface area contributed by atoms with Crippen molar-refractivity contribution in [3.8, 4) is 0 Å². The van der Waals surface area contributed by atoms with E-state index >= 15 is 0 Å². The number of halogens is 1. The molecule has 0 aromatic heterocycles. The van der Waals surface area contributed by atoms with Gasteiger partial charge in [0.25, 0.3) is 0 Å². The lowest BCUT2D eigenvalue weighted by Crippen LogP contribution is -2.56. The van der Waals surface area contributed by atoms with Gasteiger partial charge in [-0.05, 0) is 25.8 Å². The minimum Gasteiger partial charge on any atom is -0.328 e. The summed E-state index contributed by atoms with van der Waals surface area (Å²) in [6, 6.07) is 1.19. The van der Waals surface area contributed by atoms with Gasteiger partial charge < -0.3 is 11.1 Å². The lowest BCUT2D eigenvalue weighted by molar-refractivity contribution is 0.172. The van der Waals surface area contributed by atoms with E-state index in [0.717, 1.165) is 12.0 Å². The summed E-state index contributed by atoms with van der Waals surface area (Å²) in [6.07, 6.45) is 1.30. The fourth-order valence-corrected chi connectivity index (χ4v) is 2.11. The van der Waals surface area contributed by atoms with Crippen molar-refractivity contribution < 1.29 is 0 Å². The van der Waals surface area contributed by atoms with Crippen LogP contribution in [0.3, 0.4) is 0 Å². The highest BCUT2D eigenvalue weighted by molar-refractivity contribution is 5.85. The van der Waals surface area contributed by atoms with Crippen molar-refractivity contribution in [2.45, 2.75) is 25.4 Å². The fraction of sp³-hybridized carbons (Fsp3) is 1.00. The normalized spacial score (nSPS) is 32.3. The van der Waals surface area contributed by atoms with E-state index in [4.69, 9.17) is 5.73 Å². The van der Waals surface area contributed by atoms with Gasteiger partial charge >= 0.3 is 0 Å². The Morgan fingerprint density at radius 3 is 2.54 bits per heavy atom. The van der Waals surface area contributed by atoms with E-state index in [1.165, 1.54) is 32.6 Å². The van der Waals surface area contributed by atoms with Crippen molar-refractivity contribution in [1.29, 1.82) is 0 Å². The Balaban J connectivity index is 0.000000845. The molecule has 0 aromatic rings. The Hall–Kier alpha value is 0.170. The SMILES string of the molecule is CC(N)C1CCN(C2CNC2)C1.Cl. The number of likely N-dealkylation sites (tertiary alicyclic amines) is 1. The third kappa shape index (κ3) is 2.34. The number of nitrogens with one attached hydrogen (secondary N) is 1. The number of nitrogens with two attached hydrogens (primary N) is 1. The molecule has 0 radical (unpaired) electrons. The highest BCUT2D eigenvalue weighted by Crippen LogP contribution is 2.21. The first-order chi connectivity index (χ1) is 5.77. The molecule has 2 aliphatic rings. The summed E-state index contributed by atoms with van der Waals surface area (Å²) < 4.78 is 0. The number of hydrogen-bond acceptors (Lipinski definition) is 3. The molecule has 0 saturated carbocycles. The average molecular weight is 206 g/mol. The standard InChI is InChI=1S/C9H19N3.ClH/c1-7(10)8-2-3-12(6-8)9-4-11-5-9;/h7-9,11H,2-6,10H2,1H3;1H. The molecule has 2 unspecified atom stereocenters. The van der Waals surface area contributed by atoms with Gasteiger partial charge in [0.05, 0.1) is 0 Å². The summed E-state index contributed by atoms with van der Waals surface area (Å²) in [5, 5.41) is 3.31. The predicted molar refractivity (Wildman–Crippen MR) is 57.2 cm³/mol. The Bertz CT molecular complexity index is 159. The molecule has 0 aliphatic carbocycles. The molecule has 2 heterocycles. The minimum atomic E-state index is 0. The van der Waals surface area contributed by atoms with Gasteiger partial charge in [-0.15, -0.1) is 12.4 Å². The molecule has 2 rings (SSSR count).